The van der Waals surface area contributed by atoms with Crippen LogP contribution in [0.25, 0.3) is 0 Å². The summed E-state index contributed by atoms with van der Waals surface area (Å²) in [6, 6.07) is 0. The Balaban J connectivity index is 1.98. The van der Waals surface area contributed by atoms with Gasteiger partial charge in [0, 0.05) is 13.2 Å². The van der Waals surface area contributed by atoms with Crippen LogP contribution >= 0.6 is 0 Å². The smallest absolute Gasteiger partial charge is 0.0813 e. The van der Waals surface area contributed by atoms with Crippen LogP contribution < -0.4 is 0 Å². The van der Waals surface area contributed by atoms with E-state index in [1.165, 1.54) is 12.8 Å². The first-order chi connectivity index (χ1) is 5.86. The van der Waals surface area contributed by atoms with E-state index in [4.69, 9.17) is 9.47 Å². The van der Waals surface area contributed by atoms with Gasteiger partial charge in [0.1, 0.15) is 0 Å². The normalized spacial score (nSPS) is 24.0. The summed E-state index contributed by atoms with van der Waals surface area (Å²) in [5, 5.41) is 0. The van der Waals surface area contributed by atoms with Crippen molar-refractivity contribution in [3.8, 4) is 0 Å². The van der Waals surface area contributed by atoms with Gasteiger partial charge in [-0.1, -0.05) is 20.3 Å². The van der Waals surface area contributed by atoms with Gasteiger partial charge < -0.3 is 9.47 Å². The fourth-order valence-corrected chi connectivity index (χ4v) is 1.28. The SMILES string of the molecule is [CH2]CCOCC(CC)CC1CO1. The zero-order valence-electron chi connectivity index (χ0n) is 7.92. The van der Waals surface area contributed by atoms with Crippen molar-refractivity contribution in [3.63, 3.8) is 0 Å². The van der Waals surface area contributed by atoms with Crippen LogP contribution in [0.5, 0.6) is 0 Å². The third kappa shape index (κ3) is 4.07. The van der Waals surface area contributed by atoms with Gasteiger partial charge in [-0.15, -0.1) is 0 Å². The highest BCUT2D eigenvalue weighted by atomic mass is 16.6. The Morgan fingerprint density at radius 1 is 1.67 bits per heavy atom. The van der Waals surface area contributed by atoms with Gasteiger partial charge in [0.25, 0.3) is 0 Å². The van der Waals surface area contributed by atoms with Gasteiger partial charge in [-0.25, -0.2) is 0 Å². The Morgan fingerprint density at radius 3 is 2.92 bits per heavy atom. The lowest BCUT2D eigenvalue weighted by Crippen LogP contribution is -2.11. The summed E-state index contributed by atoms with van der Waals surface area (Å²) in [5.41, 5.74) is 0. The maximum Gasteiger partial charge on any atom is 0.0813 e. The van der Waals surface area contributed by atoms with E-state index in [1.807, 2.05) is 0 Å². The lowest BCUT2D eigenvalue weighted by Gasteiger charge is -2.12. The van der Waals surface area contributed by atoms with Crippen molar-refractivity contribution >= 4 is 0 Å². The second kappa shape index (κ2) is 5.55. The molecule has 1 fully saturated rings. The highest BCUT2D eigenvalue weighted by molar-refractivity contribution is 4.73. The fourth-order valence-electron chi connectivity index (χ4n) is 1.28. The molecule has 0 aromatic heterocycles. The van der Waals surface area contributed by atoms with Crippen LogP contribution in [0.2, 0.25) is 0 Å². The fraction of sp³-hybridized carbons (Fsp3) is 0.900. The number of rotatable bonds is 7. The Kier molecular flexibility index (Phi) is 4.62. The number of hydrogen-bond donors (Lipinski definition) is 0. The third-order valence-corrected chi connectivity index (χ3v) is 2.22. The second-order valence-corrected chi connectivity index (χ2v) is 3.39. The summed E-state index contributed by atoms with van der Waals surface area (Å²) in [6.07, 6.45) is 3.78. The van der Waals surface area contributed by atoms with E-state index in [0.717, 1.165) is 26.2 Å². The number of ether oxygens (including phenoxy) is 2. The number of hydrogen-bond acceptors (Lipinski definition) is 2. The molecule has 1 aliphatic rings. The molecular formula is C10H19O2. The molecule has 2 heteroatoms. The van der Waals surface area contributed by atoms with Crippen LogP contribution in [0.15, 0.2) is 0 Å². The average Bonchev–Trinajstić information content (AvgIpc) is 2.87. The molecule has 1 aliphatic heterocycles. The lowest BCUT2D eigenvalue weighted by atomic mass is 10.0. The molecule has 1 rings (SSSR count). The zero-order chi connectivity index (χ0) is 8.81. The number of epoxide rings is 1. The van der Waals surface area contributed by atoms with Crippen molar-refractivity contribution in [3.05, 3.63) is 6.92 Å². The van der Waals surface area contributed by atoms with Crippen LogP contribution in [0.4, 0.5) is 0 Å². The van der Waals surface area contributed by atoms with Crippen molar-refractivity contribution in [2.24, 2.45) is 5.92 Å². The van der Waals surface area contributed by atoms with Crippen LogP contribution in [0.1, 0.15) is 26.2 Å². The van der Waals surface area contributed by atoms with E-state index in [1.54, 1.807) is 0 Å². The van der Waals surface area contributed by atoms with Crippen molar-refractivity contribution in [2.45, 2.75) is 32.3 Å². The summed E-state index contributed by atoms with van der Waals surface area (Å²) >= 11 is 0. The second-order valence-electron chi connectivity index (χ2n) is 3.39. The molecule has 0 aromatic carbocycles. The highest BCUT2D eigenvalue weighted by Gasteiger charge is 2.25. The molecule has 1 saturated heterocycles. The monoisotopic (exact) mass is 171 g/mol. The van der Waals surface area contributed by atoms with Gasteiger partial charge >= 0.3 is 0 Å². The third-order valence-electron chi connectivity index (χ3n) is 2.22. The molecule has 0 saturated carbocycles. The molecule has 2 unspecified atom stereocenters. The maximum absolute atomic E-state index is 5.45. The van der Waals surface area contributed by atoms with E-state index in [9.17, 15) is 0 Å². The van der Waals surface area contributed by atoms with Crippen molar-refractivity contribution in [1.82, 2.24) is 0 Å². The largest absolute Gasteiger partial charge is 0.381 e. The van der Waals surface area contributed by atoms with E-state index >= 15 is 0 Å². The summed E-state index contributed by atoms with van der Waals surface area (Å²) in [6.45, 7) is 8.58. The molecule has 0 aliphatic carbocycles. The molecule has 2 nitrogen and oxygen atoms in total. The van der Waals surface area contributed by atoms with Crippen LogP contribution in [-0.4, -0.2) is 25.9 Å². The highest BCUT2D eigenvalue weighted by Crippen LogP contribution is 2.21. The summed E-state index contributed by atoms with van der Waals surface area (Å²) < 4.78 is 10.6. The van der Waals surface area contributed by atoms with Crippen molar-refractivity contribution in [1.29, 1.82) is 0 Å². The van der Waals surface area contributed by atoms with Crippen molar-refractivity contribution < 1.29 is 9.47 Å². The Morgan fingerprint density at radius 2 is 2.42 bits per heavy atom. The van der Waals surface area contributed by atoms with E-state index in [-0.39, 0.29) is 0 Å². The predicted molar refractivity (Wildman–Crippen MR) is 48.9 cm³/mol. The molecule has 0 bridgehead atoms. The molecule has 0 N–H and O–H groups in total. The molecule has 1 heterocycles. The molecule has 71 valence electrons. The predicted octanol–water partition coefficient (Wildman–Crippen LogP) is 2.04. The first kappa shape index (κ1) is 10.0. The Hall–Kier alpha value is -0.0800. The molecule has 0 amide bonds. The topological polar surface area (TPSA) is 21.8 Å². The van der Waals surface area contributed by atoms with Gasteiger partial charge in [-0.3, -0.25) is 0 Å². The molecule has 2 atom stereocenters. The van der Waals surface area contributed by atoms with Gasteiger partial charge in [-0.2, -0.15) is 0 Å². The Labute approximate surface area is 75.2 Å². The van der Waals surface area contributed by atoms with Crippen LogP contribution in [-0.2, 0) is 9.47 Å². The average molecular weight is 171 g/mol. The maximum atomic E-state index is 5.45. The van der Waals surface area contributed by atoms with E-state index in [2.05, 4.69) is 13.8 Å². The summed E-state index contributed by atoms with van der Waals surface area (Å²) in [5.74, 6) is 0.684. The standard InChI is InChI=1S/C10H19O2/c1-3-5-11-7-9(4-2)6-10-8-12-10/h9-10H,1,3-8H2,2H3. The molecule has 0 spiro atoms. The van der Waals surface area contributed by atoms with Crippen LogP contribution in [0, 0.1) is 12.8 Å². The zero-order valence-corrected chi connectivity index (χ0v) is 7.92. The van der Waals surface area contributed by atoms with Crippen LogP contribution in [0.3, 0.4) is 0 Å². The molecule has 0 aromatic rings. The summed E-state index contributed by atoms with van der Waals surface area (Å²) in [7, 11) is 0. The summed E-state index contributed by atoms with van der Waals surface area (Å²) in [4.78, 5) is 0. The molecule has 12 heavy (non-hydrogen) atoms. The minimum Gasteiger partial charge on any atom is -0.381 e. The van der Waals surface area contributed by atoms with Crippen molar-refractivity contribution in [2.75, 3.05) is 19.8 Å². The quantitative estimate of drug-likeness (QED) is 0.432. The van der Waals surface area contributed by atoms with Gasteiger partial charge in [-0.05, 0) is 18.8 Å². The molecule has 1 radical (unpaired) electrons. The molecular weight excluding hydrogens is 152 g/mol. The minimum absolute atomic E-state index is 0.540. The first-order valence-corrected chi connectivity index (χ1v) is 4.85. The van der Waals surface area contributed by atoms with Gasteiger partial charge in [0.15, 0.2) is 0 Å². The van der Waals surface area contributed by atoms with Gasteiger partial charge in [0.05, 0.1) is 12.7 Å². The Bertz CT molecular complexity index is 110. The van der Waals surface area contributed by atoms with E-state index < -0.39 is 0 Å². The lowest BCUT2D eigenvalue weighted by molar-refractivity contribution is 0.0947. The van der Waals surface area contributed by atoms with Gasteiger partial charge in [0.2, 0.25) is 0 Å². The minimum atomic E-state index is 0.540. The first-order valence-electron chi connectivity index (χ1n) is 4.85. The van der Waals surface area contributed by atoms with E-state index in [0.29, 0.717) is 12.0 Å².